The van der Waals surface area contributed by atoms with Crippen molar-refractivity contribution in [1.29, 1.82) is 0 Å². The third kappa shape index (κ3) is 7.27. The first kappa shape index (κ1) is 11.9. The maximum Gasteiger partial charge on any atom is 0.233 e. The smallest absolute Gasteiger partial charge is 0.233 e. The van der Waals surface area contributed by atoms with Gasteiger partial charge in [-0.2, -0.15) is 0 Å². The molecular weight excluding hydrogens is 170 g/mol. The van der Waals surface area contributed by atoms with Crippen LogP contribution in [0.3, 0.4) is 0 Å². The van der Waals surface area contributed by atoms with E-state index < -0.39 is 0 Å². The molecule has 0 radical (unpaired) electrons. The third-order valence-corrected chi connectivity index (χ3v) is 1.49. The molecule has 5 nitrogen and oxygen atoms in total. The quantitative estimate of drug-likeness (QED) is 0.491. The summed E-state index contributed by atoms with van der Waals surface area (Å²) in [5, 5.41) is 7.98. The van der Waals surface area contributed by atoms with Crippen LogP contribution < -0.4 is 16.0 Å². The highest BCUT2D eigenvalue weighted by Crippen LogP contribution is 1.75. The van der Waals surface area contributed by atoms with E-state index in [4.69, 9.17) is 0 Å². The monoisotopic (exact) mass is 187 g/mol. The van der Waals surface area contributed by atoms with Crippen LogP contribution >= 0.6 is 0 Å². The number of hydrogen-bond acceptors (Lipinski definition) is 3. The minimum Gasteiger partial charge on any atom is -0.359 e. The van der Waals surface area contributed by atoms with Crippen molar-refractivity contribution in [2.24, 2.45) is 0 Å². The normalized spacial score (nSPS) is 9.38. The van der Waals surface area contributed by atoms with Gasteiger partial charge in [0.15, 0.2) is 0 Å². The summed E-state index contributed by atoms with van der Waals surface area (Å²) in [7, 11) is 1.57. The van der Waals surface area contributed by atoms with E-state index in [1.165, 1.54) is 0 Å². The summed E-state index contributed by atoms with van der Waals surface area (Å²) in [6, 6.07) is 0. The van der Waals surface area contributed by atoms with E-state index in [0.717, 1.165) is 6.54 Å². The average Bonchev–Trinajstić information content (AvgIpc) is 2.14. The van der Waals surface area contributed by atoms with Gasteiger partial charge in [0.1, 0.15) is 0 Å². The number of rotatable bonds is 6. The van der Waals surface area contributed by atoms with Gasteiger partial charge in [-0.25, -0.2) is 0 Å². The van der Waals surface area contributed by atoms with Crippen molar-refractivity contribution in [2.75, 3.05) is 26.7 Å². The van der Waals surface area contributed by atoms with E-state index in [2.05, 4.69) is 16.0 Å². The van der Waals surface area contributed by atoms with E-state index >= 15 is 0 Å². The van der Waals surface area contributed by atoms with Crippen LogP contribution in [0.2, 0.25) is 0 Å². The van der Waals surface area contributed by atoms with Crippen LogP contribution in [0.5, 0.6) is 0 Å². The topological polar surface area (TPSA) is 70.2 Å². The van der Waals surface area contributed by atoms with Crippen LogP contribution in [0.1, 0.15) is 13.3 Å². The second-order valence-corrected chi connectivity index (χ2v) is 2.55. The van der Waals surface area contributed by atoms with Crippen molar-refractivity contribution < 1.29 is 9.59 Å². The molecule has 0 aromatic carbocycles. The molecule has 0 rings (SSSR count). The Morgan fingerprint density at radius 1 is 1.23 bits per heavy atom. The van der Waals surface area contributed by atoms with E-state index in [1.807, 2.05) is 6.92 Å². The third-order valence-electron chi connectivity index (χ3n) is 1.49. The predicted molar refractivity (Wildman–Crippen MR) is 50.2 cm³/mol. The van der Waals surface area contributed by atoms with Crippen molar-refractivity contribution in [3.8, 4) is 0 Å². The molecule has 0 aliphatic heterocycles. The van der Waals surface area contributed by atoms with Gasteiger partial charge in [-0.15, -0.1) is 0 Å². The van der Waals surface area contributed by atoms with Gasteiger partial charge in [0.2, 0.25) is 11.8 Å². The molecule has 5 heteroatoms. The van der Waals surface area contributed by atoms with Gasteiger partial charge < -0.3 is 16.0 Å². The van der Waals surface area contributed by atoms with Crippen molar-refractivity contribution >= 4 is 11.8 Å². The lowest BCUT2D eigenvalue weighted by atomic mass is 10.4. The summed E-state index contributed by atoms with van der Waals surface area (Å²) in [6.07, 6.45) is 0.328. The summed E-state index contributed by atoms with van der Waals surface area (Å²) in [5.41, 5.74) is 0. The van der Waals surface area contributed by atoms with Crippen molar-refractivity contribution in [3.63, 3.8) is 0 Å². The highest BCUT2D eigenvalue weighted by atomic mass is 16.2. The van der Waals surface area contributed by atoms with Gasteiger partial charge >= 0.3 is 0 Å². The molecule has 0 aliphatic rings. The van der Waals surface area contributed by atoms with Crippen LogP contribution in [0, 0.1) is 0 Å². The summed E-state index contributed by atoms with van der Waals surface area (Å²) >= 11 is 0. The van der Waals surface area contributed by atoms with E-state index in [-0.39, 0.29) is 11.8 Å². The molecule has 76 valence electrons. The lowest BCUT2D eigenvalue weighted by Crippen LogP contribution is -2.35. The lowest BCUT2D eigenvalue weighted by Gasteiger charge is -2.04. The van der Waals surface area contributed by atoms with Crippen LogP contribution in [-0.4, -0.2) is 38.5 Å². The molecule has 0 unspecified atom stereocenters. The molecular formula is C8H17N3O2. The van der Waals surface area contributed by atoms with E-state index in [0.29, 0.717) is 19.5 Å². The minimum atomic E-state index is -0.0780. The summed E-state index contributed by atoms with van der Waals surface area (Å²) in [6.45, 7) is 3.40. The van der Waals surface area contributed by atoms with Crippen molar-refractivity contribution in [1.82, 2.24) is 16.0 Å². The zero-order valence-electron chi connectivity index (χ0n) is 8.14. The first-order valence-corrected chi connectivity index (χ1v) is 4.38. The van der Waals surface area contributed by atoms with Crippen LogP contribution in [0.4, 0.5) is 0 Å². The number of amides is 2. The second kappa shape index (κ2) is 7.54. The Bertz CT molecular complexity index is 171. The molecule has 0 heterocycles. The summed E-state index contributed by atoms with van der Waals surface area (Å²) < 4.78 is 0. The fourth-order valence-electron chi connectivity index (χ4n) is 0.741. The van der Waals surface area contributed by atoms with Gasteiger partial charge in [-0.3, -0.25) is 9.59 Å². The lowest BCUT2D eigenvalue weighted by molar-refractivity contribution is -0.121. The molecule has 3 N–H and O–H groups in total. The molecule has 0 bridgehead atoms. The number of likely N-dealkylation sites (N-methyl/N-ethyl adjacent to an activating group) is 1. The standard InChI is InChI=1S/C8H17N3O2/c1-3-10-6-8(13)11-5-4-7(12)9-2/h10H,3-6H2,1-2H3,(H,9,12)(H,11,13). The Morgan fingerprint density at radius 3 is 2.46 bits per heavy atom. The zero-order valence-corrected chi connectivity index (χ0v) is 8.14. The first-order chi connectivity index (χ1) is 6.20. The molecule has 2 amide bonds. The number of carbonyl (C=O) groups excluding carboxylic acids is 2. The van der Waals surface area contributed by atoms with Gasteiger partial charge in [-0.1, -0.05) is 6.92 Å². The molecule has 0 spiro atoms. The highest BCUT2D eigenvalue weighted by molar-refractivity contribution is 5.79. The van der Waals surface area contributed by atoms with Crippen molar-refractivity contribution in [3.05, 3.63) is 0 Å². The molecule has 0 saturated carbocycles. The summed E-state index contributed by atoms with van der Waals surface area (Å²) in [5.74, 6) is -0.144. The van der Waals surface area contributed by atoms with Gasteiger partial charge in [-0.05, 0) is 6.54 Å². The second-order valence-electron chi connectivity index (χ2n) is 2.55. The van der Waals surface area contributed by atoms with Gasteiger partial charge in [0.05, 0.1) is 6.54 Å². The zero-order chi connectivity index (χ0) is 10.1. The van der Waals surface area contributed by atoms with Crippen LogP contribution in [0.15, 0.2) is 0 Å². The highest BCUT2D eigenvalue weighted by Gasteiger charge is 2.00. The molecule has 13 heavy (non-hydrogen) atoms. The number of hydrogen-bond donors (Lipinski definition) is 3. The van der Waals surface area contributed by atoms with Gasteiger partial charge in [0.25, 0.3) is 0 Å². The van der Waals surface area contributed by atoms with Crippen LogP contribution in [0.25, 0.3) is 0 Å². The largest absolute Gasteiger partial charge is 0.359 e. The fourth-order valence-corrected chi connectivity index (χ4v) is 0.741. The maximum atomic E-state index is 11.0. The van der Waals surface area contributed by atoms with Crippen molar-refractivity contribution in [2.45, 2.75) is 13.3 Å². The summed E-state index contributed by atoms with van der Waals surface area (Å²) in [4.78, 5) is 21.7. The average molecular weight is 187 g/mol. The Morgan fingerprint density at radius 2 is 1.92 bits per heavy atom. The van der Waals surface area contributed by atoms with E-state index in [9.17, 15) is 9.59 Å². The Balaban J connectivity index is 3.31. The number of carbonyl (C=O) groups is 2. The molecule has 0 aromatic heterocycles. The van der Waals surface area contributed by atoms with Gasteiger partial charge in [0, 0.05) is 20.0 Å². The predicted octanol–water partition coefficient (Wildman–Crippen LogP) is -1.15. The Hall–Kier alpha value is -1.10. The van der Waals surface area contributed by atoms with Crippen LogP contribution in [-0.2, 0) is 9.59 Å². The Kier molecular flexibility index (Phi) is 6.91. The fraction of sp³-hybridized carbons (Fsp3) is 0.750. The molecule has 0 saturated heterocycles. The Labute approximate surface area is 78.3 Å². The minimum absolute atomic E-state index is 0.0660. The molecule has 0 aromatic rings. The first-order valence-electron chi connectivity index (χ1n) is 4.38. The van der Waals surface area contributed by atoms with E-state index in [1.54, 1.807) is 7.05 Å². The maximum absolute atomic E-state index is 11.0. The molecule has 0 aliphatic carbocycles. The molecule has 0 fully saturated rings. The number of nitrogens with one attached hydrogen (secondary N) is 3. The SMILES string of the molecule is CCNCC(=O)NCCC(=O)NC. The molecule has 0 atom stereocenters.